The van der Waals surface area contributed by atoms with Gasteiger partial charge in [-0.25, -0.2) is 36.5 Å². The Morgan fingerprint density at radius 3 is 2.58 bits per heavy atom. The van der Waals surface area contributed by atoms with Crippen LogP contribution in [0.4, 0.5) is 32.3 Å². The lowest BCUT2D eigenvalue weighted by Crippen LogP contribution is -2.49. The van der Waals surface area contributed by atoms with Crippen LogP contribution in [0.5, 0.6) is 0 Å². The molecule has 0 amide bonds. The van der Waals surface area contributed by atoms with E-state index in [0.29, 0.717) is 6.20 Å². The van der Waals surface area contributed by atoms with Crippen molar-refractivity contribution in [3.8, 4) is 17.1 Å². The highest BCUT2D eigenvalue weighted by Gasteiger charge is 2.37. The minimum atomic E-state index is -4.87. The monoisotopic (exact) mass is 535 g/mol. The number of alkyl halides is 6. The molecule has 0 saturated carbocycles. The van der Waals surface area contributed by atoms with E-state index in [0.717, 1.165) is 33.8 Å². The van der Waals surface area contributed by atoms with E-state index in [9.17, 15) is 34.8 Å². The van der Waals surface area contributed by atoms with Crippen LogP contribution in [-0.2, 0) is 16.2 Å². The number of piperidine rings is 1. The van der Waals surface area contributed by atoms with Gasteiger partial charge < -0.3 is 9.88 Å². The van der Waals surface area contributed by atoms with Crippen molar-refractivity contribution in [1.29, 1.82) is 0 Å². The van der Waals surface area contributed by atoms with Crippen LogP contribution >= 0.6 is 0 Å². The van der Waals surface area contributed by atoms with Crippen molar-refractivity contribution >= 4 is 16.0 Å². The summed E-state index contributed by atoms with van der Waals surface area (Å²) in [6.07, 6.45) is -4.69. The highest BCUT2D eigenvalue weighted by Crippen LogP contribution is 2.36. The molecule has 16 heteroatoms. The molecule has 3 aromatic rings. The van der Waals surface area contributed by atoms with Crippen LogP contribution in [0.3, 0.4) is 0 Å². The van der Waals surface area contributed by atoms with Gasteiger partial charge in [0.2, 0.25) is 16.0 Å². The molecule has 4 rings (SSSR count). The molecule has 0 radical (unpaired) electrons. The fraction of sp³-hybridized carbons (Fsp3) is 0.400. The van der Waals surface area contributed by atoms with Gasteiger partial charge in [-0.3, -0.25) is 4.98 Å². The fourth-order valence-corrected chi connectivity index (χ4v) is 4.58. The Morgan fingerprint density at radius 1 is 1.19 bits per heavy atom. The molecular formula is C20H19F6N7O2S. The zero-order chi connectivity index (χ0) is 26.3. The maximum absolute atomic E-state index is 14.6. The Labute approximate surface area is 201 Å². The molecule has 0 unspecified atom stereocenters. The van der Waals surface area contributed by atoms with Crippen LogP contribution in [0.15, 0.2) is 37.1 Å². The van der Waals surface area contributed by atoms with Crippen LogP contribution in [0, 0.1) is 0 Å². The molecule has 0 aliphatic carbocycles. The van der Waals surface area contributed by atoms with Crippen LogP contribution in [-0.4, -0.2) is 68.8 Å². The van der Waals surface area contributed by atoms with E-state index in [2.05, 4.69) is 25.3 Å². The van der Waals surface area contributed by atoms with E-state index in [1.165, 1.54) is 12.1 Å². The molecule has 36 heavy (non-hydrogen) atoms. The van der Waals surface area contributed by atoms with E-state index >= 15 is 0 Å². The first-order chi connectivity index (χ1) is 16.8. The summed E-state index contributed by atoms with van der Waals surface area (Å²) < 4.78 is 108. The van der Waals surface area contributed by atoms with Crippen LogP contribution in [0.1, 0.15) is 24.1 Å². The number of imidazole rings is 1. The summed E-state index contributed by atoms with van der Waals surface area (Å²) in [5.41, 5.74) is -2.84. The Balaban J connectivity index is 1.66. The summed E-state index contributed by atoms with van der Waals surface area (Å²) >= 11 is 0. The van der Waals surface area contributed by atoms with Gasteiger partial charge in [0.1, 0.15) is 35.1 Å². The van der Waals surface area contributed by atoms with E-state index in [-0.39, 0.29) is 30.3 Å². The molecule has 9 nitrogen and oxygen atoms in total. The first kappa shape index (κ1) is 25.8. The van der Waals surface area contributed by atoms with Crippen molar-refractivity contribution in [2.45, 2.75) is 31.2 Å². The first-order valence-electron chi connectivity index (χ1n) is 10.4. The number of sulfonamides is 1. The number of rotatable bonds is 6. The number of hydrogen-bond acceptors (Lipinski definition) is 7. The molecule has 194 valence electrons. The van der Waals surface area contributed by atoms with E-state index < -0.39 is 58.3 Å². The predicted octanol–water partition coefficient (Wildman–Crippen LogP) is 3.46. The van der Waals surface area contributed by atoms with Gasteiger partial charge in [0.15, 0.2) is 0 Å². The summed E-state index contributed by atoms with van der Waals surface area (Å²) in [7, 11) is -3.60. The van der Waals surface area contributed by atoms with Crippen molar-refractivity contribution in [2.24, 2.45) is 0 Å². The van der Waals surface area contributed by atoms with Gasteiger partial charge in [-0.05, 0) is 18.6 Å². The Kier molecular flexibility index (Phi) is 6.92. The van der Waals surface area contributed by atoms with Gasteiger partial charge in [0, 0.05) is 31.7 Å². The van der Waals surface area contributed by atoms with Crippen LogP contribution in [0.2, 0.25) is 0 Å². The number of halogens is 6. The highest BCUT2D eigenvalue weighted by atomic mass is 32.2. The number of nitrogens with zero attached hydrogens (tertiary/aromatic N) is 6. The van der Waals surface area contributed by atoms with E-state index in [4.69, 9.17) is 0 Å². The predicted molar refractivity (Wildman–Crippen MR) is 116 cm³/mol. The lowest BCUT2D eigenvalue weighted by Gasteiger charge is -2.33. The van der Waals surface area contributed by atoms with Gasteiger partial charge in [-0.2, -0.15) is 17.5 Å². The maximum atomic E-state index is 14.6. The molecule has 0 spiro atoms. The molecular weight excluding hydrogens is 516 g/mol. The fourth-order valence-electron chi connectivity index (χ4n) is 3.73. The number of hydrogen-bond donors (Lipinski definition) is 1. The van der Waals surface area contributed by atoms with Gasteiger partial charge in [0.05, 0.1) is 18.0 Å². The third kappa shape index (κ3) is 5.43. The normalized spacial score (nSPS) is 19.6. The van der Waals surface area contributed by atoms with Crippen molar-refractivity contribution < 1.29 is 34.8 Å². The molecule has 3 aromatic heterocycles. The van der Waals surface area contributed by atoms with E-state index in [1.54, 1.807) is 0 Å². The molecule has 1 N–H and O–H groups in total. The lowest BCUT2D eigenvalue weighted by atomic mass is 10.1. The van der Waals surface area contributed by atoms with Crippen LogP contribution in [0.25, 0.3) is 17.1 Å². The molecule has 2 atom stereocenters. The first-order valence-corrected chi connectivity index (χ1v) is 12.3. The molecule has 1 aliphatic rings. The second-order valence-corrected chi connectivity index (χ2v) is 9.99. The molecule has 1 fully saturated rings. The maximum Gasteiger partial charge on any atom is 0.420 e. The van der Waals surface area contributed by atoms with E-state index in [1.807, 2.05) is 0 Å². The van der Waals surface area contributed by atoms with Gasteiger partial charge in [-0.1, -0.05) is 0 Å². The average molecular weight is 535 g/mol. The third-order valence-electron chi connectivity index (χ3n) is 5.51. The number of nitrogens with one attached hydrogen (secondary N) is 1. The SMILES string of the molecule is CS(=O)(=O)N1CC[C@H](Nc2ncc(C(F)(F)F)c(-c3cn(-c4cccnc4C(F)F)cn3)n2)[C@H](F)C1. The summed E-state index contributed by atoms with van der Waals surface area (Å²) in [5.74, 6) is -0.331. The zero-order valence-electron chi connectivity index (χ0n) is 18.5. The Bertz CT molecular complexity index is 1350. The topological polar surface area (TPSA) is 106 Å². The molecule has 0 bridgehead atoms. The molecule has 1 aliphatic heterocycles. The minimum absolute atomic E-state index is 0.00635. The summed E-state index contributed by atoms with van der Waals surface area (Å²) in [6.45, 7) is -0.418. The quantitative estimate of drug-likeness (QED) is 0.482. The third-order valence-corrected chi connectivity index (χ3v) is 6.78. The molecule has 4 heterocycles. The second kappa shape index (κ2) is 9.65. The largest absolute Gasteiger partial charge is 0.420 e. The van der Waals surface area contributed by atoms with Gasteiger partial charge >= 0.3 is 6.18 Å². The number of aromatic nitrogens is 5. The second-order valence-electron chi connectivity index (χ2n) is 8.00. The van der Waals surface area contributed by atoms with Crippen molar-refractivity contribution in [2.75, 3.05) is 24.7 Å². The standard InChI is InChI=1S/C20H19F6N7O2S/c1-36(34,35)33-6-4-13(12(21)8-33)30-19-28-7-11(20(24,25)26)16(31-19)14-9-32(10-29-14)15-3-2-5-27-17(15)18(22)23/h2-3,5,7,9-10,12-13,18H,4,6,8H2,1H3,(H,28,30,31)/t12-,13+/m1/s1. The summed E-state index contributed by atoms with van der Waals surface area (Å²) in [4.78, 5) is 15.0. The number of pyridine rings is 1. The molecule has 0 aromatic carbocycles. The Morgan fingerprint density at radius 2 is 1.94 bits per heavy atom. The van der Waals surface area contributed by atoms with Crippen molar-refractivity contribution in [1.82, 2.24) is 28.8 Å². The van der Waals surface area contributed by atoms with Gasteiger partial charge in [-0.15, -0.1) is 0 Å². The summed E-state index contributed by atoms with van der Waals surface area (Å²) in [5, 5.41) is 2.62. The highest BCUT2D eigenvalue weighted by molar-refractivity contribution is 7.88. The van der Waals surface area contributed by atoms with Gasteiger partial charge in [0.25, 0.3) is 6.43 Å². The van der Waals surface area contributed by atoms with Crippen molar-refractivity contribution in [3.05, 3.63) is 48.3 Å². The van der Waals surface area contributed by atoms with Crippen molar-refractivity contribution in [3.63, 3.8) is 0 Å². The smallest absolute Gasteiger partial charge is 0.348 e. The Hall–Kier alpha value is -3.27. The average Bonchev–Trinajstić information content (AvgIpc) is 3.29. The minimum Gasteiger partial charge on any atom is -0.348 e. The lowest BCUT2D eigenvalue weighted by molar-refractivity contribution is -0.137. The van der Waals surface area contributed by atoms with Crippen LogP contribution < -0.4 is 5.32 Å². The summed E-state index contributed by atoms with van der Waals surface area (Å²) in [6, 6.07) is 1.74. The zero-order valence-corrected chi connectivity index (χ0v) is 19.3. The molecule has 1 saturated heterocycles. The number of anilines is 1.